The molecular formula is C20H26N2O. The molecule has 0 bridgehead atoms. The zero-order chi connectivity index (χ0) is 16.9. The van der Waals surface area contributed by atoms with E-state index in [1.807, 2.05) is 63.2 Å². The highest BCUT2D eigenvalue weighted by atomic mass is 16.2. The van der Waals surface area contributed by atoms with Crippen molar-refractivity contribution in [2.75, 3.05) is 10.6 Å². The highest BCUT2D eigenvalue weighted by Gasteiger charge is 2.27. The normalized spacial score (nSPS) is 11.1. The summed E-state index contributed by atoms with van der Waals surface area (Å²) < 4.78 is 0. The molecule has 122 valence electrons. The van der Waals surface area contributed by atoms with E-state index in [9.17, 15) is 4.79 Å². The first-order valence-corrected chi connectivity index (χ1v) is 8.16. The number of rotatable bonds is 6. The molecule has 0 aromatic heterocycles. The van der Waals surface area contributed by atoms with E-state index in [2.05, 4.69) is 23.6 Å². The Labute approximate surface area is 139 Å². The molecule has 0 fully saturated rings. The van der Waals surface area contributed by atoms with E-state index in [1.165, 1.54) is 5.56 Å². The molecule has 0 spiro atoms. The summed E-state index contributed by atoms with van der Waals surface area (Å²) in [6.07, 6.45) is 2.12. The van der Waals surface area contributed by atoms with Gasteiger partial charge in [0.2, 0.25) is 5.91 Å². The van der Waals surface area contributed by atoms with Crippen LogP contribution in [-0.4, -0.2) is 11.4 Å². The van der Waals surface area contributed by atoms with Gasteiger partial charge in [-0.3, -0.25) is 4.79 Å². The lowest BCUT2D eigenvalue weighted by Crippen LogP contribution is -2.44. The first-order chi connectivity index (χ1) is 10.9. The van der Waals surface area contributed by atoms with Crippen LogP contribution in [-0.2, 0) is 11.2 Å². The second-order valence-corrected chi connectivity index (χ2v) is 6.47. The molecule has 0 aliphatic rings. The third kappa shape index (κ3) is 4.59. The van der Waals surface area contributed by atoms with Crippen LogP contribution >= 0.6 is 0 Å². The minimum Gasteiger partial charge on any atom is -0.371 e. The zero-order valence-electron chi connectivity index (χ0n) is 14.4. The molecule has 3 nitrogen and oxygen atoms in total. The number of aryl methyl sites for hydroxylation is 2. The van der Waals surface area contributed by atoms with Crippen LogP contribution in [0.5, 0.6) is 0 Å². The van der Waals surface area contributed by atoms with Gasteiger partial charge in [0.05, 0.1) is 0 Å². The van der Waals surface area contributed by atoms with Crippen LogP contribution in [0.4, 0.5) is 11.4 Å². The van der Waals surface area contributed by atoms with Crippen molar-refractivity contribution >= 4 is 17.3 Å². The molecule has 0 aliphatic carbocycles. The van der Waals surface area contributed by atoms with Crippen molar-refractivity contribution < 1.29 is 4.79 Å². The Morgan fingerprint density at radius 2 is 1.83 bits per heavy atom. The molecule has 2 aromatic carbocycles. The Bertz CT molecular complexity index is 677. The maximum absolute atomic E-state index is 12.6. The molecular weight excluding hydrogens is 284 g/mol. The molecule has 0 radical (unpaired) electrons. The fraction of sp³-hybridized carbons (Fsp3) is 0.350. The van der Waals surface area contributed by atoms with Gasteiger partial charge < -0.3 is 10.6 Å². The van der Waals surface area contributed by atoms with Gasteiger partial charge in [0.15, 0.2) is 0 Å². The van der Waals surface area contributed by atoms with Gasteiger partial charge in [-0.15, -0.1) is 0 Å². The molecule has 0 aliphatic heterocycles. The van der Waals surface area contributed by atoms with Gasteiger partial charge in [-0.25, -0.2) is 0 Å². The Hall–Kier alpha value is -2.29. The summed E-state index contributed by atoms with van der Waals surface area (Å²) in [5.41, 5.74) is 3.49. The molecule has 3 heteroatoms. The van der Waals surface area contributed by atoms with Crippen LogP contribution in [0.2, 0.25) is 0 Å². The summed E-state index contributed by atoms with van der Waals surface area (Å²) in [5, 5.41) is 6.35. The van der Waals surface area contributed by atoms with E-state index in [4.69, 9.17) is 0 Å². The minimum atomic E-state index is -0.702. The fourth-order valence-corrected chi connectivity index (χ4v) is 2.49. The van der Waals surface area contributed by atoms with Crippen molar-refractivity contribution in [2.24, 2.45) is 0 Å². The Morgan fingerprint density at radius 1 is 1.09 bits per heavy atom. The highest BCUT2D eigenvalue weighted by Crippen LogP contribution is 2.21. The van der Waals surface area contributed by atoms with Crippen LogP contribution in [0.1, 0.15) is 38.3 Å². The molecule has 0 unspecified atom stereocenters. The van der Waals surface area contributed by atoms with E-state index >= 15 is 0 Å². The average Bonchev–Trinajstić information content (AvgIpc) is 2.50. The molecule has 2 N–H and O–H groups in total. The van der Waals surface area contributed by atoms with Gasteiger partial charge in [-0.2, -0.15) is 0 Å². The van der Waals surface area contributed by atoms with Crippen molar-refractivity contribution in [1.29, 1.82) is 0 Å². The van der Waals surface area contributed by atoms with Crippen molar-refractivity contribution in [2.45, 2.75) is 46.1 Å². The third-order valence-electron chi connectivity index (χ3n) is 3.88. The van der Waals surface area contributed by atoms with Crippen molar-refractivity contribution in [3.05, 3.63) is 59.7 Å². The van der Waals surface area contributed by atoms with Crippen LogP contribution in [0, 0.1) is 6.92 Å². The molecule has 1 amide bonds. The molecule has 0 atom stereocenters. The second-order valence-electron chi connectivity index (χ2n) is 6.47. The number of carbonyl (C=O) groups is 1. The van der Waals surface area contributed by atoms with Gasteiger partial charge in [-0.1, -0.05) is 43.7 Å². The molecule has 0 saturated carbocycles. The molecule has 23 heavy (non-hydrogen) atoms. The van der Waals surface area contributed by atoms with Gasteiger partial charge in [0.1, 0.15) is 5.54 Å². The van der Waals surface area contributed by atoms with Gasteiger partial charge in [0, 0.05) is 11.4 Å². The monoisotopic (exact) mass is 310 g/mol. The van der Waals surface area contributed by atoms with Crippen LogP contribution < -0.4 is 10.6 Å². The van der Waals surface area contributed by atoms with Crippen LogP contribution in [0.15, 0.2) is 48.5 Å². The van der Waals surface area contributed by atoms with E-state index < -0.39 is 5.54 Å². The number of anilines is 2. The lowest BCUT2D eigenvalue weighted by atomic mass is 10.0. The summed E-state index contributed by atoms with van der Waals surface area (Å²) in [7, 11) is 0. The number of nitrogens with one attached hydrogen (secondary N) is 2. The second kappa shape index (κ2) is 7.32. The van der Waals surface area contributed by atoms with Gasteiger partial charge >= 0.3 is 0 Å². The topological polar surface area (TPSA) is 41.1 Å². The summed E-state index contributed by atoms with van der Waals surface area (Å²) in [6, 6.07) is 16.0. The molecule has 2 aromatic rings. The predicted octanol–water partition coefficient (Wildman–Crippen LogP) is 4.78. The number of amides is 1. The number of benzene rings is 2. The highest BCUT2D eigenvalue weighted by molar-refractivity contribution is 5.99. The summed E-state index contributed by atoms with van der Waals surface area (Å²) >= 11 is 0. The molecule has 0 saturated heterocycles. The maximum Gasteiger partial charge on any atom is 0.249 e. The zero-order valence-corrected chi connectivity index (χ0v) is 14.4. The van der Waals surface area contributed by atoms with E-state index in [0.29, 0.717) is 0 Å². The van der Waals surface area contributed by atoms with Crippen LogP contribution in [0.25, 0.3) is 0 Å². The number of hydrogen-bond donors (Lipinski definition) is 2. The smallest absolute Gasteiger partial charge is 0.249 e. The van der Waals surface area contributed by atoms with Crippen LogP contribution in [0.3, 0.4) is 0 Å². The Balaban J connectivity index is 2.09. The van der Waals surface area contributed by atoms with E-state index in [0.717, 1.165) is 29.8 Å². The number of hydrogen-bond acceptors (Lipinski definition) is 2. The SMILES string of the molecule is CCCc1cccc(NC(=O)C(C)(C)Nc2ccccc2C)c1. The van der Waals surface area contributed by atoms with Crippen molar-refractivity contribution in [3.8, 4) is 0 Å². The standard InChI is InChI=1S/C20H26N2O/c1-5-9-16-11-8-12-17(14-16)21-19(23)20(3,4)22-18-13-7-6-10-15(18)2/h6-8,10-14,22H,5,9H2,1-4H3,(H,21,23). The maximum atomic E-state index is 12.6. The van der Waals surface area contributed by atoms with E-state index in [-0.39, 0.29) is 5.91 Å². The lowest BCUT2D eigenvalue weighted by molar-refractivity contribution is -0.119. The minimum absolute atomic E-state index is 0.0469. The predicted molar refractivity (Wildman–Crippen MR) is 97.9 cm³/mol. The lowest BCUT2D eigenvalue weighted by Gasteiger charge is -2.27. The largest absolute Gasteiger partial charge is 0.371 e. The summed E-state index contributed by atoms with van der Waals surface area (Å²) in [6.45, 7) is 7.97. The number of para-hydroxylation sites is 1. The molecule has 2 rings (SSSR count). The number of carbonyl (C=O) groups excluding carboxylic acids is 1. The first kappa shape index (κ1) is 17.1. The van der Waals surface area contributed by atoms with Gasteiger partial charge in [0.25, 0.3) is 0 Å². The summed E-state index contributed by atoms with van der Waals surface area (Å²) in [4.78, 5) is 12.6. The first-order valence-electron chi connectivity index (χ1n) is 8.16. The van der Waals surface area contributed by atoms with Crippen molar-refractivity contribution in [3.63, 3.8) is 0 Å². The third-order valence-corrected chi connectivity index (χ3v) is 3.88. The Kier molecular flexibility index (Phi) is 5.43. The van der Waals surface area contributed by atoms with Gasteiger partial charge in [-0.05, 0) is 56.5 Å². The summed E-state index contributed by atoms with van der Waals surface area (Å²) in [5.74, 6) is -0.0469. The van der Waals surface area contributed by atoms with E-state index in [1.54, 1.807) is 0 Å². The molecule has 0 heterocycles. The quantitative estimate of drug-likeness (QED) is 0.806. The van der Waals surface area contributed by atoms with Crippen molar-refractivity contribution in [1.82, 2.24) is 0 Å². The Morgan fingerprint density at radius 3 is 2.52 bits per heavy atom. The fourth-order valence-electron chi connectivity index (χ4n) is 2.49. The average molecular weight is 310 g/mol.